The smallest absolute Gasteiger partial charge is 0.287 e. The monoisotopic (exact) mass is 369 g/mol. The van der Waals surface area contributed by atoms with Crippen LogP contribution in [0, 0.1) is 5.92 Å². The first-order chi connectivity index (χ1) is 12.7. The highest BCUT2D eigenvalue weighted by atomic mass is 35.5. The van der Waals surface area contributed by atoms with E-state index in [-0.39, 0.29) is 11.9 Å². The van der Waals surface area contributed by atoms with Crippen LogP contribution in [0.5, 0.6) is 0 Å². The van der Waals surface area contributed by atoms with Gasteiger partial charge in [-0.2, -0.15) is 0 Å². The van der Waals surface area contributed by atoms with E-state index in [9.17, 15) is 4.79 Å². The average Bonchev–Trinajstić information content (AvgIpc) is 3.43. The molecule has 1 N–H and O–H groups in total. The van der Waals surface area contributed by atoms with Gasteiger partial charge in [0, 0.05) is 23.1 Å². The van der Waals surface area contributed by atoms with Crippen LogP contribution in [0.4, 0.5) is 0 Å². The second-order valence-corrected chi connectivity index (χ2v) is 7.12. The minimum Gasteiger partial charge on any atom is -0.451 e. The van der Waals surface area contributed by atoms with Gasteiger partial charge >= 0.3 is 0 Å². The van der Waals surface area contributed by atoms with Gasteiger partial charge in [0.05, 0.1) is 12.6 Å². The van der Waals surface area contributed by atoms with Crippen LogP contribution in [0.3, 0.4) is 0 Å². The second-order valence-electron chi connectivity index (χ2n) is 6.68. The number of ether oxygens (including phenoxy) is 1. The molecule has 1 amide bonds. The van der Waals surface area contributed by atoms with Gasteiger partial charge in [-0.1, -0.05) is 41.9 Å². The molecule has 0 saturated heterocycles. The molecule has 134 valence electrons. The van der Waals surface area contributed by atoms with Gasteiger partial charge in [-0.3, -0.25) is 4.79 Å². The molecule has 0 bridgehead atoms. The number of rotatable bonds is 6. The lowest BCUT2D eigenvalue weighted by molar-refractivity contribution is 0.0899. The summed E-state index contributed by atoms with van der Waals surface area (Å²) in [4.78, 5) is 13.0. The van der Waals surface area contributed by atoms with Crippen LogP contribution in [0.25, 0.3) is 11.0 Å². The van der Waals surface area contributed by atoms with Crippen LogP contribution in [-0.2, 0) is 11.3 Å². The highest BCUT2D eigenvalue weighted by molar-refractivity contribution is 6.30. The van der Waals surface area contributed by atoms with E-state index < -0.39 is 0 Å². The summed E-state index contributed by atoms with van der Waals surface area (Å²) in [5.41, 5.74) is 2.54. The number of halogens is 1. The average molecular weight is 370 g/mol. The van der Waals surface area contributed by atoms with E-state index in [1.807, 2.05) is 48.5 Å². The Morgan fingerprint density at radius 1 is 1.23 bits per heavy atom. The molecule has 0 aliphatic heterocycles. The summed E-state index contributed by atoms with van der Waals surface area (Å²) in [5.74, 6) is 0.572. The number of furan rings is 1. The fourth-order valence-electron chi connectivity index (χ4n) is 3.35. The predicted molar refractivity (Wildman–Crippen MR) is 101 cm³/mol. The Hall–Kier alpha value is -2.30. The van der Waals surface area contributed by atoms with E-state index in [0.29, 0.717) is 28.9 Å². The zero-order valence-electron chi connectivity index (χ0n) is 14.5. The molecular formula is C21H20ClNO3. The number of para-hydroxylation sites is 1. The minimum absolute atomic E-state index is 0.0385. The molecule has 0 spiro atoms. The van der Waals surface area contributed by atoms with Gasteiger partial charge in [0.1, 0.15) is 5.58 Å². The van der Waals surface area contributed by atoms with Crippen molar-refractivity contribution in [3.8, 4) is 0 Å². The SMILES string of the molecule is COCc1c(C(=O)NC(c2ccc(Cl)cc2)C2CC2)oc2ccccc12. The van der Waals surface area contributed by atoms with Gasteiger partial charge in [-0.05, 0) is 42.5 Å². The fourth-order valence-corrected chi connectivity index (χ4v) is 3.48. The van der Waals surface area contributed by atoms with Crippen LogP contribution in [0.15, 0.2) is 52.9 Å². The number of benzene rings is 2. The summed E-state index contributed by atoms with van der Waals surface area (Å²) < 4.78 is 11.1. The lowest BCUT2D eigenvalue weighted by atomic mass is 10.0. The Labute approximate surface area is 157 Å². The Morgan fingerprint density at radius 2 is 1.96 bits per heavy atom. The van der Waals surface area contributed by atoms with Gasteiger partial charge in [-0.15, -0.1) is 0 Å². The molecule has 1 saturated carbocycles. The number of fused-ring (bicyclic) bond motifs is 1. The summed E-state index contributed by atoms with van der Waals surface area (Å²) in [6.45, 7) is 0.328. The highest BCUT2D eigenvalue weighted by Crippen LogP contribution is 2.41. The third-order valence-electron chi connectivity index (χ3n) is 4.80. The summed E-state index contributed by atoms with van der Waals surface area (Å²) in [6.07, 6.45) is 2.22. The Morgan fingerprint density at radius 3 is 2.65 bits per heavy atom. The third-order valence-corrected chi connectivity index (χ3v) is 5.05. The van der Waals surface area contributed by atoms with Crippen LogP contribution in [-0.4, -0.2) is 13.0 Å². The van der Waals surface area contributed by atoms with Crippen LogP contribution < -0.4 is 5.32 Å². The molecule has 1 aliphatic carbocycles. The Bertz CT molecular complexity index is 928. The summed E-state index contributed by atoms with van der Waals surface area (Å²) in [5, 5.41) is 4.76. The van der Waals surface area contributed by atoms with E-state index in [4.69, 9.17) is 20.8 Å². The van der Waals surface area contributed by atoms with Crippen molar-refractivity contribution < 1.29 is 13.9 Å². The molecule has 1 heterocycles. The van der Waals surface area contributed by atoms with Crippen LogP contribution in [0.2, 0.25) is 5.02 Å². The first-order valence-electron chi connectivity index (χ1n) is 8.73. The molecule has 1 fully saturated rings. The summed E-state index contributed by atoms with van der Waals surface area (Å²) in [7, 11) is 1.62. The largest absolute Gasteiger partial charge is 0.451 e. The molecular weight excluding hydrogens is 350 g/mol. The van der Waals surface area contributed by atoms with Crippen molar-refractivity contribution in [3.63, 3.8) is 0 Å². The predicted octanol–water partition coefficient (Wildman–Crippen LogP) is 5.11. The molecule has 2 aromatic carbocycles. The first-order valence-corrected chi connectivity index (χ1v) is 9.11. The van der Waals surface area contributed by atoms with Crippen molar-refractivity contribution in [2.24, 2.45) is 5.92 Å². The van der Waals surface area contributed by atoms with Crippen LogP contribution in [0.1, 0.15) is 40.6 Å². The van der Waals surface area contributed by atoms with Crippen molar-refractivity contribution in [3.05, 3.63) is 70.4 Å². The number of carbonyl (C=O) groups excluding carboxylic acids is 1. The van der Waals surface area contributed by atoms with E-state index in [1.165, 1.54) is 0 Å². The number of amides is 1. The van der Waals surface area contributed by atoms with E-state index in [0.717, 1.165) is 29.4 Å². The third kappa shape index (κ3) is 3.35. The second kappa shape index (κ2) is 7.14. The van der Waals surface area contributed by atoms with Crippen molar-refractivity contribution >= 4 is 28.5 Å². The van der Waals surface area contributed by atoms with E-state index in [1.54, 1.807) is 7.11 Å². The van der Waals surface area contributed by atoms with Gasteiger partial charge < -0.3 is 14.5 Å². The van der Waals surface area contributed by atoms with E-state index in [2.05, 4.69) is 5.32 Å². The topological polar surface area (TPSA) is 51.5 Å². The van der Waals surface area contributed by atoms with Gasteiger partial charge in [0.25, 0.3) is 5.91 Å². The normalized spacial score (nSPS) is 15.2. The molecule has 4 rings (SSSR count). The maximum Gasteiger partial charge on any atom is 0.287 e. The van der Waals surface area contributed by atoms with Gasteiger partial charge in [0.2, 0.25) is 0 Å². The van der Waals surface area contributed by atoms with Crippen molar-refractivity contribution in [1.29, 1.82) is 0 Å². The fraction of sp³-hybridized carbons (Fsp3) is 0.286. The standard InChI is InChI=1S/C21H20ClNO3/c1-25-12-17-16-4-2-3-5-18(16)26-20(17)21(24)23-19(13-6-7-13)14-8-10-15(22)11-9-14/h2-5,8-11,13,19H,6-7,12H2,1H3,(H,23,24). The molecule has 1 atom stereocenters. The zero-order valence-corrected chi connectivity index (χ0v) is 15.3. The van der Waals surface area contributed by atoms with E-state index >= 15 is 0 Å². The molecule has 1 aromatic heterocycles. The summed E-state index contributed by atoms with van der Waals surface area (Å²) >= 11 is 6.00. The number of carbonyl (C=O) groups is 1. The molecule has 3 aromatic rings. The highest BCUT2D eigenvalue weighted by Gasteiger charge is 2.34. The number of hydrogen-bond acceptors (Lipinski definition) is 3. The molecule has 0 radical (unpaired) electrons. The summed E-state index contributed by atoms with van der Waals surface area (Å²) in [6, 6.07) is 15.3. The zero-order chi connectivity index (χ0) is 18.1. The molecule has 5 heteroatoms. The Kier molecular flexibility index (Phi) is 4.70. The Balaban J connectivity index is 1.65. The lowest BCUT2D eigenvalue weighted by Crippen LogP contribution is -2.30. The quantitative estimate of drug-likeness (QED) is 0.656. The lowest BCUT2D eigenvalue weighted by Gasteiger charge is -2.18. The molecule has 4 nitrogen and oxygen atoms in total. The van der Waals surface area contributed by atoms with Gasteiger partial charge in [0.15, 0.2) is 5.76 Å². The molecule has 1 aliphatic rings. The van der Waals surface area contributed by atoms with Crippen molar-refractivity contribution in [2.75, 3.05) is 7.11 Å². The number of hydrogen-bond donors (Lipinski definition) is 1. The van der Waals surface area contributed by atoms with Gasteiger partial charge in [-0.25, -0.2) is 0 Å². The first kappa shape index (κ1) is 17.1. The number of nitrogens with one attached hydrogen (secondary N) is 1. The molecule has 26 heavy (non-hydrogen) atoms. The van der Waals surface area contributed by atoms with Crippen LogP contribution >= 0.6 is 11.6 Å². The number of methoxy groups -OCH3 is 1. The molecule has 1 unspecified atom stereocenters. The maximum atomic E-state index is 13.0. The minimum atomic E-state index is -0.208. The van der Waals surface area contributed by atoms with Crippen molar-refractivity contribution in [2.45, 2.75) is 25.5 Å². The van der Waals surface area contributed by atoms with Crippen molar-refractivity contribution in [1.82, 2.24) is 5.32 Å². The maximum absolute atomic E-state index is 13.0.